The van der Waals surface area contributed by atoms with Gasteiger partial charge in [-0.05, 0) is 37.6 Å². The lowest BCUT2D eigenvalue weighted by molar-refractivity contribution is 0.720. The van der Waals surface area contributed by atoms with E-state index >= 15 is 0 Å². The molecule has 0 amide bonds. The smallest absolute Gasteiger partial charge is 0.268 e. The molecule has 0 aliphatic heterocycles. The van der Waals surface area contributed by atoms with Crippen LogP contribution in [0.4, 0.5) is 5.82 Å². The first-order valence-electron chi connectivity index (χ1n) is 9.29. The van der Waals surface area contributed by atoms with Crippen LogP contribution in [0, 0.1) is 6.92 Å². The quantitative estimate of drug-likeness (QED) is 0.353. The van der Waals surface area contributed by atoms with Crippen molar-refractivity contribution in [1.29, 1.82) is 0 Å². The van der Waals surface area contributed by atoms with Crippen LogP contribution in [0.5, 0.6) is 0 Å². The number of halogens is 2. The molecule has 5 rings (SSSR count). The van der Waals surface area contributed by atoms with E-state index in [2.05, 4.69) is 35.7 Å². The maximum absolute atomic E-state index is 13.4. The molecule has 0 saturated carbocycles. The summed E-state index contributed by atoms with van der Waals surface area (Å²) in [6.45, 7) is 3.72. The molecule has 0 aliphatic rings. The second kappa shape index (κ2) is 7.33. The summed E-state index contributed by atoms with van der Waals surface area (Å²) in [5.41, 5.74) is 1.40. The van der Waals surface area contributed by atoms with Crippen LogP contribution in [0.3, 0.4) is 0 Å². The third-order valence-corrected chi connectivity index (χ3v) is 5.39. The van der Waals surface area contributed by atoms with Gasteiger partial charge < -0.3 is 5.32 Å². The standard InChI is InChI=1S/C19H15Cl2N9O/c1-8-13-15(25-19(21)26-16(13)29-27-8)23-9(2)17-24-11-5-3-4-10(20)14(11)18(31)30(17)12-6-7-22-28-12/h3-7,9H,1-2H3,(H,22,28)(H2,23,25,26,27,29)/t9-/m0/s1. The van der Waals surface area contributed by atoms with Gasteiger partial charge in [-0.15, -0.1) is 0 Å². The predicted molar refractivity (Wildman–Crippen MR) is 118 cm³/mol. The van der Waals surface area contributed by atoms with E-state index in [4.69, 9.17) is 28.2 Å². The highest BCUT2D eigenvalue weighted by Gasteiger charge is 2.22. The Morgan fingerprint density at radius 1 is 1.10 bits per heavy atom. The number of H-pyrrole nitrogens is 2. The van der Waals surface area contributed by atoms with Gasteiger partial charge in [0.25, 0.3) is 5.56 Å². The van der Waals surface area contributed by atoms with Gasteiger partial charge in [-0.2, -0.15) is 20.2 Å². The number of nitrogens with zero attached hydrogens (tertiary/aromatic N) is 6. The monoisotopic (exact) mass is 455 g/mol. The van der Waals surface area contributed by atoms with Gasteiger partial charge in [0.15, 0.2) is 5.65 Å². The molecule has 0 saturated heterocycles. The van der Waals surface area contributed by atoms with Gasteiger partial charge in [0.2, 0.25) is 5.28 Å². The Hall–Kier alpha value is -3.50. The van der Waals surface area contributed by atoms with Crippen molar-refractivity contribution in [2.24, 2.45) is 0 Å². The zero-order chi connectivity index (χ0) is 21.7. The van der Waals surface area contributed by atoms with Crippen LogP contribution < -0.4 is 10.9 Å². The van der Waals surface area contributed by atoms with Gasteiger partial charge in [0.1, 0.15) is 17.5 Å². The summed E-state index contributed by atoms with van der Waals surface area (Å²) >= 11 is 12.4. The minimum Gasteiger partial charge on any atom is -0.360 e. The first-order chi connectivity index (χ1) is 14.9. The fourth-order valence-electron chi connectivity index (χ4n) is 3.52. The van der Waals surface area contributed by atoms with Crippen molar-refractivity contribution in [2.75, 3.05) is 5.32 Å². The average molecular weight is 456 g/mol. The zero-order valence-electron chi connectivity index (χ0n) is 16.3. The third kappa shape index (κ3) is 3.20. The molecule has 10 nitrogen and oxygen atoms in total. The largest absolute Gasteiger partial charge is 0.360 e. The maximum Gasteiger partial charge on any atom is 0.268 e. The first kappa shape index (κ1) is 19.5. The van der Waals surface area contributed by atoms with E-state index in [1.165, 1.54) is 4.57 Å². The van der Waals surface area contributed by atoms with Crippen molar-refractivity contribution >= 4 is 51.0 Å². The minimum absolute atomic E-state index is 0.0536. The molecule has 0 bridgehead atoms. The van der Waals surface area contributed by atoms with Crippen LogP contribution in [-0.4, -0.2) is 39.9 Å². The molecule has 0 radical (unpaired) electrons. The number of fused-ring (bicyclic) bond motifs is 2. The van der Waals surface area contributed by atoms with E-state index in [9.17, 15) is 4.79 Å². The molecule has 12 heteroatoms. The van der Waals surface area contributed by atoms with Crippen molar-refractivity contribution in [2.45, 2.75) is 19.9 Å². The summed E-state index contributed by atoms with van der Waals surface area (Å²) in [4.78, 5) is 26.6. The number of rotatable bonds is 4. The van der Waals surface area contributed by atoms with E-state index in [0.717, 1.165) is 5.69 Å². The van der Waals surface area contributed by atoms with Crippen LogP contribution in [0.25, 0.3) is 27.8 Å². The van der Waals surface area contributed by atoms with Crippen molar-refractivity contribution in [1.82, 2.24) is 39.9 Å². The molecule has 0 aliphatic carbocycles. The maximum atomic E-state index is 13.4. The molecule has 0 spiro atoms. The topological polar surface area (TPSA) is 130 Å². The number of anilines is 1. The Morgan fingerprint density at radius 3 is 2.71 bits per heavy atom. The highest BCUT2D eigenvalue weighted by molar-refractivity contribution is 6.35. The Balaban J connectivity index is 1.71. The molecule has 156 valence electrons. The minimum atomic E-state index is -0.456. The second-order valence-corrected chi connectivity index (χ2v) is 7.69. The second-order valence-electron chi connectivity index (χ2n) is 6.94. The SMILES string of the molecule is Cc1[nH]nc2nc(Cl)nc(N[C@@H](C)c3nc4cccc(Cl)c4c(=O)n3-c3ccn[nH]3)c12. The van der Waals surface area contributed by atoms with Gasteiger partial charge in [-0.1, -0.05) is 17.7 Å². The van der Waals surface area contributed by atoms with E-state index in [-0.39, 0.29) is 10.8 Å². The van der Waals surface area contributed by atoms with Crippen LogP contribution in [0.15, 0.2) is 35.3 Å². The number of hydrogen-bond donors (Lipinski definition) is 3. The fourth-order valence-corrected chi connectivity index (χ4v) is 3.93. The highest BCUT2D eigenvalue weighted by atomic mass is 35.5. The van der Waals surface area contributed by atoms with Gasteiger partial charge in [-0.3, -0.25) is 15.0 Å². The fraction of sp³-hybridized carbons (Fsp3) is 0.158. The number of benzene rings is 1. The molecule has 3 N–H and O–H groups in total. The van der Waals surface area contributed by atoms with E-state index in [0.29, 0.717) is 44.4 Å². The molecule has 4 aromatic heterocycles. The van der Waals surface area contributed by atoms with E-state index in [1.807, 2.05) is 13.8 Å². The van der Waals surface area contributed by atoms with Gasteiger partial charge in [-0.25, -0.2) is 9.55 Å². The highest BCUT2D eigenvalue weighted by Crippen LogP contribution is 2.28. The van der Waals surface area contributed by atoms with Crippen molar-refractivity contribution in [3.05, 3.63) is 62.6 Å². The third-order valence-electron chi connectivity index (χ3n) is 4.91. The van der Waals surface area contributed by atoms with Crippen LogP contribution in [0.2, 0.25) is 10.3 Å². The molecule has 4 heterocycles. The summed E-state index contributed by atoms with van der Waals surface area (Å²) in [5, 5.41) is 18.5. The van der Waals surface area contributed by atoms with Crippen LogP contribution >= 0.6 is 23.2 Å². The lowest BCUT2D eigenvalue weighted by Crippen LogP contribution is -2.28. The Labute approximate surface area is 184 Å². The van der Waals surface area contributed by atoms with Crippen molar-refractivity contribution in [3.63, 3.8) is 0 Å². The van der Waals surface area contributed by atoms with Crippen molar-refractivity contribution < 1.29 is 0 Å². The van der Waals surface area contributed by atoms with Gasteiger partial charge in [0, 0.05) is 11.8 Å². The molecule has 31 heavy (non-hydrogen) atoms. The lowest BCUT2D eigenvalue weighted by atomic mass is 10.2. The summed E-state index contributed by atoms with van der Waals surface area (Å²) in [6.07, 6.45) is 1.56. The summed E-state index contributed by atoms with van der Waals surface area (Å²) in [6, 6.07) is 6.38. The van der Waals surface area contributed by atoms with E-state index < -0.39 is 6.04 Å². The molecule has 0 fully saturated rings. The molecular formula is C19H15Cl2N9O. The summed E-state index contributed by atoms with van der Waals surface area (Å²) in [5.74, 6) is 1.38. The Bertz CT molecular complexity index is 1490. The summed E-state index contributed by atoms with van der Waals surface area (Å²) < 4.78 is 1.45. The number of nitrogens with one attached hydrogen (secondary N) is 3. The van der Waals surface area contributed by atoms with Crippen LogP contribution in [-0.2, 0) is 0 Å². The molecule has 1 atom stereocenters. The Kier molecular flexibility index (Phi) is 4.60. The van der Waals surface area contributed by atoms with E-state index in [1.54, 1.807) is 30.5 Å². The number of aromatic amines is 2. The van der Waals surface area contributed by atoms with Crippen LogP contribution in [0.1, 0.15) is 24.5 Å². The molecule has 1 aromatic carbocycles. The van der Waals surface area contributed by atoms with Gasteiger partial charge in [0.05, 0.1) is 33.6 Å². The normalized spacial score (nSPS) is 12.5. The molecular weight excluding hydrogens is 441 g/mol. The average Bonchev–Trinajstić information content (AvgIpc) is 3.38. The number of aromatic nitrogens is 8. The lowest BCUT2D eigenvalue weighted by Gasteiger charge is -2.19. The zero-order valence-corrected chi connectivity index (χ0v) is 17.8. The molecule has 5 aromatic rings. The van der Waals surface area contributed by atoms with Crippen molar-refractivity contribution in [3.8, 4) is 5.82 Å². The summed E-state index contributed by atoms with van der Waals surface area (Å²) in [7, 11) is 0. The Morgan fingerprint density at radius 2 is 1.94 bits per heavy atom. The number of aryl methyl sites for hydroxylation is 1. The predicted octanol–water partition coefficient (Wildman–Crippen LogP) is 3.56. The number of hydrogen-bond acceptors (Lipinski definition) is 7. The molecule has 0 unspecified atom stereocenters. The first-order valence-corrected chi connectivity index (χ1v) is 10.1. The van der Waals surface area contributed by atoms with Gasteiger partial charge >= 0.3 is 0 Å².